The van der Waals surface area contributed by atoms with Crippen LogP contribution in [0.3, 0.4) is 0 Å². The minimum atomic E-state index is -3.61. The Morgan fingerprint density at radius 1 is 1.00 bits per heavy atom. The van der Waals surface area contributed by atoms with Crippen LogP contribution in [0.25, 0.3) is 0 Å². The van der Waals surface area contributed by atoms with Crippen molar-refractivity contribution in [2.45, 2.75) is 36.6 Å². The van der Waals surface area contributed by atoms with Crippen LogP contribution in [0.1, 0.15) is 25.7 Å². The number of nitrogens with one attached hydrogen (secondary N) is 1. The molecule has 1 aromatic rings. The lowest BCUT2D eigenvalue weighted by Crippen LogP contribution is -2.51. The van der Waals surface area contributed by atoms with E-state index in [1.807, 2.05) is 0 Å². The summed E-state index contributed by atoms with van der Waals surface area (Å²) in [5.41, 5.74) is 0. The number of sulfonamides is 2. The van der Waals surface area contributed by atoms with Crippen LogP contribution in [0, 0.1) is 5.92 Å². The Bertz CT molecular complexity index is 942. The second-order valence-corrected chi connectivity index (χ2v) is 12.0. The Labute approximate surface area is 177 Å². The van der Waals surface area contributed by atoms with Crippen molar-refractivity contribution in [1.29, 1.82) is 0 Å². The van der Waals surface area contributed by atoms with E-state index in [1.165, 1.54) is 27.0 Å². The summed E-state index contributed by atoms with van der Waals surface area (Å²) in [6.45, 7) is 1.30. The van der Waals surface area contributed by atoms with Gasteiger partial charge in [-0.1, -0.05) is 11.6 Å². The van der Waals surface area contributed by atoms with Crippen molar-refractivity contribution in [3.8, 4) is 0 Å². The predicted molar refractivity (Wildman–Crippen MR) is 111 cm³/mol. The highest BCUT2D eigenvalue weighted by Crippen LogP contribution is 2.25. The number of carbonyl (C=O) groups is 1. The first-order chi connectivity index (χ1) is 13.6. The minimum Gasteiger partial charge on any atom is -0.352 e. The monoisotopic (exact) mass is 463 g/mol. The van der Waals surface area contributed by atoms with Crippen LogP contribution < -0.4 is 5.32 Å². The molecule has 2 aliphatic rings. The molecule has 3 rings (SSSR count). The van der Waals surface area contributed by atoms with E-state index in [2.05, 4.69) is 5.32 Å². The molecule has 1 atom stereocenters. The van der Waals surface area contributed by atoms with E-state index < -0.39 is 20.0 Å². The average Bonchev–Trinajstić information content (AvgIpc) is 2.68. The molecule has 11 heteroatoms. The topological polar surface area (TPSA) is 104 Å². The number of nitrogens with zero attached hydrogens (tertiary/aromatic N) is 2. The zero-order valence-corrected chi connectivity index (χ0v) is 18.6. The molecule has 0 saturated carbocycles. The molecule has 1 amide bonds. The molecule has 8 nitrogen and oxygen atoms in total. The molecule has 29 heavy (non-hydrogen) atoms. The fourth-order valence-electron chi connectivity index (χ4n) is 3.79. The molecule has 2 heterocycles. The van der Waals surface area contributed by atoms with Gasteiger partial charge in [0, 0.05) is 43.2 Å². The first kappa shape index (κ1) is 22.5. The Morgan fingerprint density at radius 3 is 2.21 bits per heavy atom. The van der Waals surface area contributed by atoms with Gasteiger partial charge in [0.2, 0.25) is 26.0 Å². The molecule has 2 saturated heterocycles. The van der Waals surface area contributed by atoms with Gasteiger partial charge in [-0.25, -0.2) is 21.1 Å². The lowest BCUT2D eigenvalue weighted by molar-refractivity contribution is -0.127. The third kappa shape index (κ3) is 5.49. The number of piperidine rings is 2. The lowest BCUT2D eigenvalue weighted by Gasteiger charge is -2.34. The quantitative estimate of drug-likeness (QED) is 0.708. The van der Waals surface area contributed by atoms with Gasteiger partial charge in [0.1, 0.15) is 0 Å². The molecule has 162 valence electrons. The molecule has 0 aliphatic carbocycles. The zero-order chi connectivity index (χ0) is 21.2. The fourth-order valence-corrected chi connectivity index (χ4v) is 6.30. The normalized spacial score (nSPS) is 23.0. The van der Waals surface area contributed by atoms with Gasteiger partial charge < -0.3 is 5.32 Å². The second kappa shape index (κ2) is 8.89. The molecule has 0 radical (unpaired) electrons. The third-order valence-corrected chi connectivity index (χ3v) is 8.91. The summed E-state index contributed by atoms with van der Waals surface area (Å²) in [5, 5.41) is 3.42. The molecule has 1 aromatic carbocycles. The summed E-state index contributed by atoms with van der Waals surface area (Å²) in [6, 6.07) is 5.83. The van der Waals surface area contributed by atoms with Crippen molar-refractivity contribution in [3.05, 3.63) is 29.3 Å². The number of halogens is 1. The van der Waals surface area contributed by atoms with E-state index in [-0.39, 0.29) is 42.4 Å². The summed E-state index contributed by atoms with van der Waals surface area (Å²) in [4.78, 5) is 12.8. The highest BCUT2D eigenvalue weighted by molar-refractivity contribution is 7.89. The predicted octanol–water partition coefficient (Wildman–Crippen LogP) is 1.28. The van der Waals surface area contributed by atoms with Crippen molar-refractivity contribution < 1.29 is 21.6 Å². The van der Waals surface area contributed by atoms with Gasteiger partial charge in [0.15, 0.2) is 0 Å². The maximum absolute atomic E-state index is 12.7. The molecule has 1 N–H and O–H groups in total. The summed E-state index contributed by atoms with van der Waals surface area (Å²) in [7, 11) is -6.88. The van der Waals surface area contributed by atoms with Gasteiger partial charge in [-0.2, -0.15) is 4.31 Å². The lowest BCUT2D eigenvalue weighted by atomic mass is 9.96. The summed E-state index contributed by atoms with van der Waals surface area (Å²) < 4.78 is 51.7. The van der Waals surface area contributed by atoms with Gasteiger partial charge in [-0.3, -0.25) is 4.79 Å². The number of carbonyl (C=O) groups excluding carboxylic acids is 1. The van der Waals surface area contributed by atoms with Gasteiger partial charge in [-0.05, 0) is 49.9 Å². The van der Waals surface area contributed by atoms with Crippen LogP contribution in [0.15, 0.2) is 29.2 Å². The summed E-state index contributed by atoms with van der Waals surface area (Å²) in [5.74, 6) is -0.408. The number of amides is 1. The molecule has 2 fully saturated rings. The number of rotatable bonds is 5. The van der Waals surface area contributed by atoms with Gasteiger partial charge in [-0.15, -0.1) is 0 Å². The second-order valence-electron chi connectivity index (χ2n) is 7.60. The molecular formula is C18H26ClN3O5S2. The largest absolute Gasteiger partial charge is 0.352 e. The van der Waals surface area contributed by atoms with E-state index in [1.54, 1.807) is 12.1 Å². The van der Waals surface area contributed by atoms with Gasteiger partial charge >= 0.3 is 0 Å². The van der Waals surface area contributed by atoms with Crippen LogP contribution in [0.4, 0.5) is 0 Å². The Morgan fingerprint density at radius 2 is 1.62 bits per heavy atom. The van der Waals surface area contributed by atoms with Gasteiger partial charge in [0.05, 0.1) is 11.2 Å². The summed E-state index contributed by atoms with van der Waals surface area (Å²) >= 11 is 5.83. The van der Waals surface area contributed by atoms with Crippen molar-refractivity contribution in [2.24, 2.45) is 5.92 Å². The van der Waals surface area contributed by atoms with Crippen LogP contribution in [-0.2, 0) is 24.8 Å². The summed E-state index contributed by atoms with van der Waals surface area (Å²) in [6.07, 6.45) is 3.48. The molecule has 0 bridgehead atoms. The average molecular weight is 464 g/mol. The standard InChI is InChI=1S/C18H26ClN3O5S2/c1-28(24,25)22-10-2-3-16(13-22)20-18(23)14-8-11-21(12-9-14)29(26,27)17-6-4-15(19)5-7-17/h4-7,14,16H,2-3,8-13H2,1H3,(H,20,23). The van der Waals surface area contributed by atoms with E-state index in [0.717, 1.165) is 6.42 Å². The van der Waals surface area contributed by atoms with Crippen molar-refractivity contribution >= 4 is 37.6 Å². The van der Waals surface area contributed by atoms with Crippen LogP contribution in [0.2, 0.25) is 5.02 Å². The Balaban J connectivity index is 1.55. The number of hydrogen-bond donors (Lipinski definition) is 1. The van der Waals surface area contributed by atoms with Gasteiger partial charge in [0.25, 0.3) is 0 Å². The first-order valence-corrected chi connectivity index (χ1v) is 13.3. The van der Waals surface area contributed by atoms with E-state index in [0.29, 0.717) is 30.8 Å². The maximum atomic E-state index is 12.7. The fraction of sp³-hybridized carbons (Fsp3) is 0.611. The third-order valence-electron chi connectivity index (χ3n) is 5.48. The van der Waals surface area contributed by atoms with Crippen LogP contribution in [0.5, 0.6) is 0 Å². The highest BCUT2D eigenvalue weighted by atomic mass is 35.5. The Hall–Kier alpha value is -1.20. The molecule has 2 aliphatic heterocycles. The highest BCUT2D eigenvalue weighted by Gasteiger charge is 2.34. The minimum absolute atomic E-state index is 0.131. The number of benzene rings is 1. The maximum Gasteiger partial charge on any atom is 0.243 e. The molecule has 0 aromatic heterocycles. The first-order valence-electron chi connectivity index (χ1n) is 9.58. The van der Waals surface area contributed by atoms with Crippen LogP contribution in [-0.4, -0.2) is 69.8 Å². The van der Waals surface area contributed by atoms with E-state index in [9.17, 15) is 21.6 Å². The smallest absolute Gasteiger partial charge is 0.243 e. The zero-order valence-electron chi connectivity index (χ0n) is 16.3. The van der Waals surface area contributed by atoms with Crippen LogP contribution >= 0.6 is 11.6 Å². The van der Waals surface area contributed by atoms with Crippen molar-refractivity contribution in [1.82, 2.24) is 13.9 Å². The SMILES string of the molecule is CS(=O)(=O)N1CCCC(NC(=O)C2CCN(S(=O)(=O)c3ccc(Cl)cc3)CC2)C1. The number of hydrogen-bond acceptors (Lipinski definition) is 5. The van der Waals surface area contributed by atoms with E-state index >= 15 is 0 Å². The molecule has 0 spiro atoms. The molecule has 1 unspecified atom stereocenters. The Kier molecular flexibility index (Phi) is 6.89. The van der Waals surface area contributed by atoms with Crippen molar-refractivity contribution in [3.63, 3.8) is 0 Å². The van der Waals surface area contributed by atoms with E-state index in [4.69, 9.17) is 11.6 Å². The molecular weight excluding hydrogens is 438 g/mol. The van der Waals surface area contributed by atoms with Crippen molar-refractivity contribution in [2.75, 3.05) is 32.4 Å².